The van der Waals surface area contributed by atoms with Gasteiger partial charge in [0.05, 0.1) is 11.8 Å². The summed E-state index contributed by atoms with van der Waals surface area (Å²) in [6.07, 6.45) is 6.31. The first-order valence-corrected chi connectivity index (χ1v) is 11.0. The Labute approximate surface area is 200 Å². The molecule has 1 heterocycles. The normalized spacial score (nSPS) is 11.0. The van der Waals surface area contributed by atoms with Crippen LogP contribution in [0.4, 0.5) is 17.6 Å². The molecule has 0 saturated carbocycles. The summed E-state index contributed by atoms with van der Waals surface area (Å²) in [7, 11) is 0. The highest BCUT2D eigenvalue weighted by Gasteiger charge is 2.11. The number of hydrogen-bond acceptors (Lipinski definition) is 2. The van der Waals surface area contributed by atoms with Crippen LogP contribution >= 0.6 is 0 Å². The van der Waals surface area contributed by atoms with E-state index >= 15 is 0 Å². The van der Waals surface area contributed by atoms with Crippen molar-refractivity contribution in [1.29, 1.82) is 0 Å². The van der Waals surface area contributed by atoms with Gasteiger partial charge in [-0.05, 0) is 73.2 Å². The van der Waals surface area contributed by atoms with Crippen LogP contribution in [-0.2, 0) is 12.8 Å². The van der Waals surface area contributed by atoms with Crippen molar-refractivity contribution < 1.29 is 22.3 Å². The molecule has 4 rings (SSSR count). The van der Waals surface area contributed by atoms with Gasteiger partial charge in [0.25, 0.3) is 0 Å². The fraction of sp³-hybridized carbons (Fsp3) is 0.138. The van der Waals surface area contributed by atoms with Gasteiger partial charge in [-0.1, -0.05) is 36.1 Å². The molecule has 35 heavy (non-hydrogen) atoms. The quantitative estimate of drug-likeness (QED) is 0.171. The topological polar surface area (TPSA) is 22.1 Å². The molecule has 0 radical (unpaired) electrons. The Balaban J connectivity index is 1.45. The van der Waals surface area contributed by atoms with Gasteiger partial charge in [-0.2, -0.15) is 0 Å². The smallest absolute Gasteiger partial charge is 0.166 e. The minimum absolute atomic E-state index is 0.113. The molecule has 0 atom stereocenters. The van der Waals surface area contributed by atoms with Crippen LogP contribution in [0.25, 0.3) is 10.8 Å². The van der Waals surface area contributed by atoms with E-state index in [1.165, 1.54) is 30.3 Å². The minimum atomic E-state index is -0.946. The molecular weight excluding hydrogens is 454 g/mol. The zero-order valence-electron chi connectivity index (χ0n) is 18.9. The summed E-state index contributed by atoms with van der Waals surface area (Å²) in [4.78, 5) is 4.33. The van der Waals surface area contributed by atoms with Gasteiger partial charge in [0, 0.05) is 16.6 Å². The summed E-state index contributed by atoms with van der Waals surface area (Å²) in [6, 6.07) is 13.0. The molecule has 0 amide bonds. The van der Waals surface area contributed by atoms with Crippen molar-refractivity contribution in [3.05, 3.63) is 119 Å². The van der Waals surface area contributed by atoms with Crippen molar-refractivity contribution in [2.45, 2.75) is 19.8 Å². The second-order valence-electron chi connectivity index (χ2n) is 7.85. The molecular formula is C29H21F4NO. The number of rotatable bonds is 6. The van der Waals surface area contributed by atoms with E-state index in [1.54, 1.807) is 12.3 Å². The van der Waals surface area contributed by atoms with Crippen molar-refractivity contribution in [2.75, 3.05) is 6.61 Å². The van der Waals surface area contributed by atoms with E-state index in [9.17, 15) is 17.6 Å². The fourth-order valence-corrected chi connectivity index (χ4v) is 3.52. The molecule has 0 N–H and O–H groups in total. The van der Waals surface area contributed by atoms with E-state index in [0.717, 1.165) is 11.8 Å². The Morgan fingerprint density at radius 1 is 0.857 bits per heavy atom. The summed E-state index contributed by atoms with van der Waals surface area (Å²) in [5.41, 5.74) is 1.35. The number of aromatic nitrogens is 1. The molecule has 0 saturated heterocycles. The van der Waals surface area contributed by atoms with Crippen LogP contribution < -0.4 is 4.74 Å². The lowest BCUT2D eigenvalue weighted by Gasteiger charge is -2.06. The predicted octanol–water partition coefficient (Wildman–Crippen LogP) is 6.93. The second kappa shape index (κ2) is 10.9. The van der Waals surface area contributed by atoms with Crippen LogP contribution in [0.1, 0.15) is 29.3 Å². The number of ether oxygens (including phenoxy) is 1. The van der Waals surface area contributed by atoms with Gasteiger partial charge in [-0.25, -0.2) is 17.6 Å². The number of pyridine rings is 1. The molecule has 0 fully saturated rings. The van der Waals surface area contributed by atoms with E-state index in [0.29, 0.717) is 41.7 Å². The fourth-order valence-electron chi connectivity index (χ4n) is 3.52. The molecule has 4 aromatic rings. The summed E-state index contributed by atoms with van der Waals surface area (Å²) >= 11 is 0. The summed E-state index contributed by atoms with van der Waals surface area (Å²) in [6.45, 7) is 2.37. The average Bonchev–Trinajstić information content (AvgIpc) is 2.85. The molecule has 2 nitrogen and oxygen atoms in total. The van der Waals surface area contributed by atoms with Crippen LogP contribution in [0.15, 0.2) is 72.9 Å². The maximum Gasteiger partial charge on any atom is 0.166 e. The number of nitrogens with zero attached hydrogens (tertiary/aromatic N) is 1. The van der Waals surface area contributed by atoms with Gasteiger partial charge in [0.2, 0.25) is 0 Å². The summed E-state index contributed by atoms with van der Waals surface area (Å²) in [5.74, 6) is 2.45. The molecule has 0 spiro atoms. The molecule has 0 unspecified atom stereocenters. The average molecular weight is 475 g/mol. The second-order valence-corrected chi connectivity index (χ2v) is 7.85. The van der Waals surface area contributed by atoms with Crippen LogP contribution in [-0.4, -0.2) is 11.6 Å². The van der Waals surface area contributed by atoms with Crippen LogP contribution in [0.3, 0.4) is 0 Å². The highest BCUT2D eigenvalue weighted by atomic mass is 19.2. The van der Waals surface area contributed by atoms with Gasteiger partial charge < -0.3 is 4.74 Å². The highest BCUT2D eigenvalue weighted by molar-refractivity contribution is 5.84. The summed E-state index contributed by atoms with van der Waals surface area (Å²) < 4.78 is 62.0. The zero-order valence-corrected chi connectivity index (χ0v) is 18.9. The van der Waals surface area contributed by atoms with E-state index in [2.05, 4.69) is 16.8 Å². The number of allylic oxidation sites excluding steroid dienone is 1. The lowest BCUT2D eigenvalue weighted by Crippen LogP contribution is -1.99. The lowest BCUT2D eigenvalue weighted by molar-refractivity contribution is 0.361. The number of hydrogen-bond donors (Lipinski definition) is 0. The SMILES string of the molecule is C/C=C/COc1ccc(CCc2cc(F)c(C#Cc3ccc4c(F)c(F)ccc4c3)c(F)c2)nc1. The molecule has 0 aliphatic heterocycles. The number of benzene rings is 3. The van der Waals surface area contributed by atoms with E-state index < -0.39 is 23.3 Å². The Morgan fingerprint density at radius 3 is 2.37 bits per heavy atom. The largest absolute Gasteiger partial charge is 0.488 e. The zero-order chi connectivity index (χ0) is 24.8. The molecule has 176 valence electrons. The number of fused-ring (bicyclic) bond motifs is 1. The third-order valence-electron chi connectivity index (χ3n) is 5.39. The standard InChI is InChI=1S/C29H21F4NO/c1-2-3-14-35-23-10-9-22(34-18-23)8-4-20-16-27(31)25(28(32)17-20)12-6-19-5-11-24-21(15-19)7-13-26(30)29(24)33/h2-3,5,7,9-11,13,15-18H,4,8,14H2,1H3/b3-2+. The third kappa shape index (κ3) is 5.88. The molecule has 6 heteroatoms. The van der Waals surface area contributed by atoms with Gasteiger partial charge in [-0.3, -0.25) is 4.98 Å². The van der Waals surface area contributed by atoms with Crippen molar-refractivity contribution in [2.24, 2.45) is 0 Å². The first-order chi connectivity index (χ1) is 16.9. The molecule has 3 aromatic carbocycles. The number of aryl methyl sites for hydroxylation is 2. The first kappa shape index (κ1) is 24.0. The molecule has 1 aromatic heterocycles. The van der Waals surface area contributed by atoms with Crippen molar-refractivity contribution in [1.82, 2.24) is 4.98 Å². The van der Waals surface area contributed by atoms with Crippen LogP contribution in [0.2, 0.25) is 0 Å². The predicted molar refractivity (Wildman–Crippen MR) is 128 cm³/mol. The van der Waals surface area contributed by atoms with Crippen molar-refractivity contribution in [3.63, 3.8) is 0 Å². The Hall–Kier alpha value is -4.11. The number of halogens is 4. The van der Waals surface area contributed by atoms with E-state index in [1.807, 2.05) is 31.2 Å². The van der Waals surface area contributed by atoms with Gasteiger partial charge >= 0.3 is 0 Å². The van der Waals surface area contributed by atoms with Gasteiger partial charge in [0.1, 0.15) is 24.0 Å². The maximum absolute atomic E-state index is 14.6. The van der Waals surface area contributed by atoms with Gasteiger partial charge in [-0.15, -0.1) is 0 Å². The maximum atomic E-state index is 14.6. The van der Waals surface area contributed by atoms with Crippen LogP contribution in [0.5, 0.6) is 5.75 Å². The van der Waals surface area contributed by atoms with Gasteiger partial charge in [0.15, 0.2) is 11.6 Å². The van der Waals surface area contributed by atoms with E-state index in [4.69, 9.17) is 4.74 Å². The molecule has 0 aliphatic rings. The van der Waals surface area contributed by atoms with Crippen molar-refractivity contribution in [3.8, 4) is 17.6 Å². The van der Waals surface area contributed by atoms with Crippen molar-refractivity contribution >= 4 is 10.8 Å². The Morgan fingerprint density at radius 2 is 1.66 bits per heavy atom. The summed E-state index contributed by atoms with van der Waals surface area (Å²) in [5, 5.41) is 0.556. The lowest BCUT2D eigenvalue weighted by atomic mass is 10.0. The van der Waals surface area contributed by atoms with E-state index in [-0.39, 0.29) is 10.9 Å². The highest BCUT2D eigenvalue weighted by Crippen LogP contribution is 2.22. The minimum Gasteiger partial charge on any atom is -0.488 e. The van der Waals surface area contributed by atoms with Crippen LogP contribution in [0, 0.1) is 35.1 Å². The Kier molecular flexibility index (Phi) is 7.47. The third-order valence-corrected chi connectivity index (χ3v) is 5.39. The Bertz CT molecular complexity index is 1430. The molecule has 0 bridgehead atoms. The molecule has 0 aliphatic carbocycles. The first-order valence-electron chi connectivity index (χ1n) is 11.0. The monoisotopic (exact) mass is 475 g/mol.